The zero-order valence-corrected chi connectivity index (χ0v) is 36.7. The monoisotopic (exact) mass is 891 g/mol. The largest absolute Gasteiger partial charge is 0.507 e. The lowest BCUT2D eigenvalue weighted by Gasteiger charge is -2.38. The number of hydrogen-bond donors (Lipinski definition) is 7. The summed E-state index contributed by atoms with van der Waals surface area (Å²) in [6.45, 7) is 11.6. The molecular weight excluding hydrogens is 838 g/mol. The first kappa shape index (κ1) is 48.3. The number of methoxy groups -OCH3 is 1. The fourth-order valence-electron chi connectivity index (χ4n) is 7.85. The lowest BCUT2D eigenvalue weighted by Crippen LogP contribution is -2.46. The molecule has 0 saturated carbocycles. The molecule has 5 bridgehead atoms. The van der Waals surface area contributed by atoms with Crippen LogP contribution in [0, 0.1) is 40.7 Å². The first-order valence-corrected chi connectivity index (χ1v) is 20.3. The Morgan fingerprint density at radius 2 is 1.59 bits per heavy atom. The minimum atomic E-state index is -2.18. The third-order valence-electron chi connectivity index (χ3n) is 11.7. The summed E-state index contributed by atoms with van der Waals surface area (Å²) < 4.78 is 28.7. The van der Waals surface area contributed by atoms with E-state index >= 15 is 0 Å². The molecule has 0 aliphatic carbocycles. The summed E-state index contributed by atoms with van der Waals surface area (Å²) in [5.41, 5.74) is -1.54. The van der Waals surface area contributed by atoms with Gasteiger partial charge in [-0.1, -0.05) is 45.9 Å². The number of allylic oxidation sites excluding steroid dienone is 2. The van der Waals surface area contributed by atoms with Gasteiger partial charge in [-0.25, -0.2) is 4.79 Å². The molecule has 19 nitrogen and oxygen atoms in total. The molecule has 2 amide bonds. The van der Waals surface area contributed by atoms with Crippen LogP contribution in [0.3, 0.4) is 0 Å². The highest BCUT2D eigenvalue weighted by atomic mass is 16.7. The zero-order valence-electron chi connectivity index (χ0n) is 36.7. The van der Waals surface area contributed by atoms with Crippen molar-refractivity contribution in [1.82, 2.24) is 0 Å². The van der Waals surface area contributed by atoms with Crippen LogP contribution in [-0.4, -0.2) is 91.5 Å². The molecule has 19 heteroatoms. The minimum absolute atomic E-state index is 0.0181. The van der Waals surface area contributed by atoms with Crippen molar-refractivity contribution in [2.75, 3.05) is 17.7 Å². The predicted octanol–water partition coefficient (Wildman–Crippen LogP) is 6.41. The van der Waals surface area contributed by atoms with Crippen LogP contribution < -0.4 is 15.4 Å². The average Bonchev–Trinajstić information content (AvgIpc) is 3.52. The molecule has 6 rings (SSSR count). The maximum absolute atomic E-state index is 14.4. The molecule has 0 aromatic heterocycles. The van der Waals surface area contributed by atoms with Gasteiger partial charge >= 0.3 is 17.8 Å². The third kappa shape index (κ3) is 9.60. The van der Waals surface area contributed by atoms with Gasteiger partial charge in [0.15, 0.2) is 5.75 Å². The lowest BCUT2D eigenvalue weighted by molar-refractivity contribution is -0.384. The van der Waals surface area contributed by atoms with Crippen LogP contribution in [0.15, 0.2) is 60.4 Å². The summed E-state index contributed by atoms with van der Waals surface area (Å²) in [5, 5.41) is 73.1. The summed E-state index contributed by atoms with van der Waals surface area (Å²) in [6, 6.07) is 5.11. The minimum Gasteiger partial charge on any atom is -0.507 e. The van der Waals surface area contributed by atoms with Crippen LogP contribution in [0.25, 0.3) is 10.8 Å². The van der Waals surface area contributed by atoms with Crippen molar-refractivity contribution in [2.24, 2.45) is 23.7 Å². The number of Topliss-reactive ketones (excluding diaryl/α,β-unsaturated/α-hetero) is 1. The van der Waals surface area contributed by atoms with Crippen molar-refractivity contribution in [3.63, 3.8) is 0 Å². The highest BCUT2D eigenvalue weighted by Crippen LogP contribution is 2.57. The van der Waals surface area contributed by atoms with E-state index in [-0.39, 0.29) is 28.1 Å². The Hall–Kier alpha value is -6.70. The summed E-state index contributed by atoms with van der Waals surface area (Å²) in [6.07, 6.45) is 1.62. The maximum atomic E-state index is 14.4. The van der Waals surface area contributed by atoms with Crippen molar-refractivity contribution >= 4 is 51.6 Å². The standard InChI is InChI=1S/C45H53N3O16/c1-20-11-10-12-21(2)43(56)46-33-34(47-44(57)61-19-27-13-15-28(16-14-27)48(58)59)38(53)30-31(39(33)54)37(52)25(6)41-32(30)42(55)45(8,64-41)62-18-17-29(60-9)22(3)40(63-26(7)49)24(5)36(51)23(4)35(20)50/h10-18,20,22-24,29,35-36,40,50-54H,19H2,1-9H3,(H,46,56)(H,47,57)/b11-10+,18-17+,21-12-/t20-,22-,23-,24-,29+,35+,36+,40-,45+/m1/s1. The Labute approximate surface area is 368 Å². The molecule has 9 atom stereocenters. The van der Waals surface area contributed by atoms with E-state index in [0.29, 0.717) is 5.56 Å². The van der Waals surface area contributed by atoms with Gasteiger partial charge in [-0.3, -0.25) is 29.8 Å². The number of rotatable bonds is 6. The molecule has 7 N–H and O–H groups in total. The van der Waals surface area contributed by atoms with Crippen LogP contribution in [0.2, 0.25) is 0 Å². The second kappa shape index (κ2) is 19.4. The Kier molecular flexibility index (Phi) is 14.6. The zero-order chi connectivity index (χ0) is 47.5. The number of non-ortho nitro benzene ring substituents is 1. The number of ether oxygens (including phenoxy) is 5. The van der Waals surface area contributed by atoms with E-state index in [2.05, 4.69) is 10.6 Å². The van der Waals surface area contributed by atoms with Crippen LogP contribution in [0.5, 0.6) is 23.0 Å². The number of benzene rings is 3. The number of nitro benzene ring substituents is 1. The fourth-order valence-corrected chi connectivity index (χ4v) is 7.85. The Morgan fingerprint density at radius 3 is 2.20 bits per heavy atom. The SMILES string of the molecule is CO[C@H]1/C=C/O[C@@]2(C)Oc3c(C)c(O)c4c(O)c(c(NC(=O)OCc5ccc([N+](=O)[O-])cc5)c(O)c4c3C2=O)NC(=O)/C(C)=C\C=C\[C@@H](C)[C@H](O)[C@@H](C)[C@H](O)[C@@H](C)[C@H](OC(C)=O)[C@@H]1C. The number of phenols is 3. The highest BCUT2D eigenvalue weighted by Gasteiger charge is 2.50. The molecule has 3 aliphatic heterocycles. The Balaban J connectivity index is 1.67. The van der Waals surface area contributed by atoms with Crippen molar-refractivity contribution in [2.45, 2.75) is 92.2 Å². The number of aliphatic hydroxyl groups excluding tert-OH is 2. The number of amides is 2. The van der Waals surface area contributed by atoms with Gasteiger partial charge in [-0.15, -0.1) is 0 Å². The van der Waals surface area contributed by atoms with Gasteiger partial charge < -0.3 is 54.5 Å². The summed E-state index contributed by atoms with van der Waals surface area (Å²) in [5.74, 6) is -10.0. The quantitative estimate of drug-likeness (QED) is 0.0463. The topological polar surface area (TPSA) is 283 Å². The number of carbonyl (C=O) groups is 4. The number of fused-ring (bicyclic) bond motifs is 14. The molecule has 3 aromatic carbocycles. The molecule has 64 heavy (non-hydrogen) atoms. The molecule has 0 radical (unpaired) electrons. The fraction of sp³-hybridized carbons (Fsp3) is 0.422. The van der Waals surface area contributed by atoms with E-state index in [1.54, 1.807) is 33.8 Å². The summed E-state index contributed by atoms with van der Waals surface area (Å²) >= 11 is 0. The van der Waals surface area contributed by atoms with Gasteiger partial charge in [0.1, 0.15) is 41.3 Å². The highest BCUT2D eigenvalue weighted by molar-refractivity contribution is 6.24. The molecule has 3 heterocycles. The van der Waals surface area contributed by atoms with E-state index in [1.807, 2.05) is 0 Å². The van der Waals surface area contributed by atoms with E-state index in [4.69, 9.17) is 23.7 Å². The van der Waals surface area contributed by atoms with Gasteiger partial charge in [0.25, 0.3) is 17.4 Å². The smallest absolute Gasteiger partial charge is 0.412 e. The Bertz CT molecular complexity index is 2430. The van der Waals surface area contributed by atoms with Crippen LogP contribution in [0.1, 0.15) is 70.0 Å². The number of nitro groups is 1. The molecule has 0 spiro atoms. The van der Waals surface area contributed by atoms with Gasteiger partial charge in [-0.05, 0) is 37.6 Å². The van der Waals surface area contributed by atoms with Crippen molar-refractivity contribution in [3.8, 4) is 23.0 Å². The number of esters is 1. The van der Waals surface area contributed by atoms with E-state index in [9.17, 15) is 54.8 Å². The second-order valence-corrected chi connectivity index (χ2v) is 16.2. The molecule has 0 unspecified atom stereocenters. The van der Waals surface area contributed by atoms with E-state index in [0.717, 1.165) is 6.26 Å². The molecule has 0 saturated heterocycles. The van der Waals surface area contributed by atoms with E-state index < -0.39 is 129 Å². The number of nitrogens with one attached hydrogen (secondary N) is 2. The normalized spacial score (nSPS) is 28.3. The van der Waals surface area contributed by atoms with Crippen molar-refractivity contribution < 1.29 is 73.3 Å². The number of phenolic OH excluding ortho intramolecular Hbond substituents is 3. The molecule has 3 aromatic rings. The van der Waals surface area contributed by atoms with Gasteiger partial charge in [0, 0.05) is 73.3 Å². The molecule has 0 fully saturated rings. The number of aliphatic hydroxyl groups is 2. The van der Waals surface area contributed by atoms with Crippen molar-refractivity contribution in [1.29, 1.82) is 0 Å². The van der Waals surface area contributed by atoms with Gasteiger partial charge in [0.2, 0.25) is 0 Å². The predicted molar refractivity (Wildman–Crippen MR) is 231 cm³/mol. The summed E-state index contributed by atoms with van der Waals surface area (Å²) in [4.78, 5) is 64.3. The average molecular weight is 892 g/mol. The number of anilines is 2. The van der Waals surface area contributed by atoms with Crippen LogP contribution >= 0.6 is 0 Å². The first-order chi connectivity index (χ1) is 30.0. The van der Waals surface area contributed by atoms with Crippen LogP contribution in [0.4, 0.5) is 21.9 Å². The van der Waals surface area contributed by atoms with Gasteiger partial charge in [-0.2, -0.15) is 0 Å². The molecule has 3 aliphatic rings. The van der Waals surface area contributed by atoms with E-state index in [1.165, 1.54) is 77.3 Å². The van der Waals surface area contributed by atoms with Crippen molar-refractivity contribution in [3.05, 3.63) is 87.2 Å². The lowest BCUT2D eigenvalue weighted by atomic mass is 9.78. The number of aromatic hydroxyl groups is 3. The third-order valence-corrected chi connectivity index (χ3v) is 11.7. The second-order valence-electron chi connectivity index (χ2n) is 16.2. The van der Waals surface area contributed by atoms with Crippen LogP contribution in [-0.2, 0) is 35.1 Å². The first-order valence-electron chi connectivity index (χ1n) is 20.3. The number of carbonyl (C=O) groups excluding carboxylic acids is 4. The molecule has 344 valence electrons. The number of ketones is 1. The summed E-state index contributed by atoms with van der Waals surface area (Å²) in [7, 11) is 1.39. The maximum Gasteiger partial charge on any atom is 0.412 e. The van der Waals surface area contributed by atoms with Gasteiger partial charge in [0.05, 0.1) is 40.4 Å². The number of hydrogen-bond acceptors (Lipinski definition) is 16. The number of nitrogens with zero attached hydrogens (tertiary/aromatic N) is 1. The Morgan fingerprint density at radius 1 is 0.938 bits per heavy atom. The molecular formula is C45H53N3O16.